The van der Waals surface area contributed by atoms with Gasteiger partial charge in [-0.3, -0.25) is 9.79 Å². The minimum absolute atomic E-state index is 0. The summed E-state index contributed by atoms with van der Waals surface area (Å²) in [6, 6.07) is 8.84. The molecule has 0 saturated carbocycles. The van der Waals surface area contributed by atoms with Gasteiger partial charge in [-0.15, -0.1) is 35.3 Å². The molecule has 136 valence electrons. The number of carbonyl (C=O) groups is 1. The van der Waals surface area contributed by atoms with Crippen LogP contribution >= 0.6 is 58.5 Å². The second-order valence-corrected chi connectivity index (χ2v) is 6.75. The Kier molecular flexibility index (Phi) is 10.2. The van der Waals surface area contributed by atoms with Gasteiger partial charge >= 0.3 is 0 Å². The molecule has 0 saturated heterocycles. The number of nitrogens with zero attached hydrogens (tertiary/aromatic N) is 1. The van der Waals surface area contributed by atoms with E-state index in [-0.39, 0.29) is 29.9 Å². The number of halogens is 3. The van der Waals surface area contributed by atoms with Crippen molar-refractivity contribution in [1.82, 2.24) is 10.6 Å². The molecule has 0 spiro atoms. The molecule has 0 atom stereocenters. The van der Waals surface area contributed by atoms with Crippen LogP contribution in [0.4, 0.5) is 0 Å². The quantitative estimate of drug-likeness (QED) is 0.230. The number of carbonyl (C=O) groups excluding carboxylic acids is 1. The highest BCUT2D eigenvalue weighted by molar-refractivity contribution is 14.0. The van der Waals surface area contributed by atoms with Gasteiger partial charge in [0.1, 0.15) is 0 Å². The summed E-state index contributed by atoms with van der Waals surface area (Å²) in [5.74, 6) is 0.152. The zero-order valence-corrected chi connectivity index (χ0v) is 18.0. The molecule has 0 fully saturated rings. The summed E-state index contributed by atoms with van der Waals surface area (Å²) in [6.07, 6.45) is 0.869. The van der Waals surface area contributed by atoms with Crippen molar-refractivity contribution in [1.29, 1.82) is 0 Å². The Morgan fingerprint density at radius 3 is 2.60 bits per heavy atom. The summed E-state index contributed by atoms with van der Waals surface area (Å²) in [7, 11) is 0. The van der Waals surface area contributed by atoms with E-state index in [9.17, 15) is 4.79 Å². The van der Waals surface area contributed by atoms with Gasteiger partial charge in [0, 0.05) is 36.5 Å². The lowest BCUT2D eigenvalue weighted by Crippen LogP contribution is -2.38. The van der Waals surface area contributed by atoms with Gasteiger partial charge in [0.05, 0.1) is 10.0 Å². The maximum absolute atomic E-state index is 12.0. The fourth-order valence-corrected chi connectivity index (χ4v) is 2.90. The van der Waals surface area contributed by atoms with E-state index >= 15 is 0 Å². The van der Waals surface area contributed by atoms with E-state index in [0.717, 1.165) is 6.42 Å². The summed E-state index contributed by atoms with van der Waals surface area (Å²) in [5.41, 5.74) is 6.24. The molecule has 0 aliphatic carbocycles. The number of rotatable bonds is 7. The van der Waals surface area contributed by atoms with Crippen LogP contribution in [0.5, 0.6) is 0 Å². The van der Waals surface area contributed by atoms with Crippen LogP contribution in [0, 0.1) is 0 Å². The Balaban J connectivity index is 0.00000312. The Hall–Kier alpha value is -1.03. The number of aliphatic imine (C=N–C) groups is 1. The molecule has 2 aromatic rings. The van der Waals surface area contributed by atoms with Gasteiger partial charge in [0.25, 0.3) is 5.91 Å². The molecule has 0 aliphatic rings. The van der Waals surface area contributed by atoms with Crippen LogP contribution in [0.1, 0.15) is 15.2 Å². The minimum Gasteiger partial charge on any atom is -0.370 e. The predicted molar refractivity (Wildman–Crippen MR) is 117 cm³/mol. The van der Waals surface area contributed by atoms with Crippen LogP contribution in [0.3, 0.4) is 0 Å². The number of amides is 1. The highest BCUT2D eigenvalue weighted by atomic mass is 127. The average molecular weight is 513 g/mol. The fourth-order valence-electron chi connectivity index (χ4n) is 1.90. The molecule has 25 heavy (non-hydrogen) atoms. The van der Waals surface area contributed by atoms with Crippen LogP contribution in [0.15, 0.2) is 40.7 Å². The third-order valence-corrected chi connectivity index (χ3v) is 4.79. The van der Waals surface area contributed by atoms with Crippen molar-refractivity contribution in [3.8, 4) is 0 Å². The minimum atomic E-state index is -0.219. The maximum atomic E-state index is 12.0. The van der Waals surface area contributed by atoms with Crippen LogP contribution in [0.25, 0.3) is 0 Å². The molecule has 1 aromatic carbocycles. The molecule has 0 radical (unpaired) electrons. The molecule has 5 nitrogen and oxygen atoms in total. The lowest BCUT2D eigenvalue weighted by Gasteiger charge is -2.08. The number of benzene rings is 1. The third-order valence-electron chi connectivity index (χ3n) is 3.12. The summed E-state index contributed by atoms with van der Waals surface area (Å²) in [4.78, 5) is 17.5. The van der Waals surface area contributed by atoms with Crippen LogP contribution < -0.4 is 16.4 Å². The van der Waals surface area contributed by atoms with Gasteiger partial charge in [0.2, 0.25) is 0 Å². The Morgan fingerprint density at radius 1 is 1.16 bits per heavy atom. The Morgan fingerprint density at radius 2 is 1.92 bits per heavy atom. The number of hydrogen-bond donors (Lipinski definition) is 3. The second-order valence-electron chi connectivity index (χ2n) is 4.91. The molecule has 9 heteroatoms. The average Bonchev–Trinajstić information content (AvgIpc) is 3.07. The van der Waals surface area contributed by atoms with E-state index in [1.807, 2.05) is 11.4 Å². The second kappa shape index (κ2) is 11.6. The molecule has 0 aliphatic heterocycles. The molecule has 1 heterocycles. The van der Waals surface area contributed by atoms with Crippen molar-refractivity contribution >= 4 is 70.4 Å². The molecular weight excluding hydrogens is 494 g/mol. The first-order valence-corrected chi connectivity index (χ1v) is 8.99. The fraction of sp³-hybridized carbons (Fsp3) is 0.250. The zero-order valence-electron chi connectivity index (χ0n) is 13.3. The van der Waals surface area contributed by atoms with Crippen LogP contribution in [-0.4, -0.2) is 31.5 Å². The molecule has 0 bridgehead atoms. The first-order valence-electron chi connectivity index (χ1n) is 7.35. The summed E-state index contributed by atoms with van der Waals surface area (Å²) in [5, 5.41) is 8.54. The summed E-state index contributed by atoms with van der Waals surface area (Å²) in [6.45, 7) is 1.54. The van der Waals surface area contributed by atoms with Crippen LogP contribution in [0.2, 0.25) is 10.0 Å². The molecule has 1 amide bonds. The van der Waals surface area contributed by atoms with Gasteiger partial charge in [0.15, 0.2) is 5.96 Å². The number of hydrogen-bond acceptors (Lipinski definition) is 3. The van der Waals surface area contributed by atoms with Gasteiger partial charge in [-0.05, 0) is 29.6 Å². The van der Waals surface area contributed by atoms with E-state index in [1.165, 1.54) is 10.9 Å². The van der Waals surface area contributed by atoms with Gasteiger partial charge in [-0.25, -0.2) is 0 Å². The summed E-state index contributed by atoms with van der Waals surface area (Å²) < 4.78 is 0. The van der Waals surface area contributed by atoms with E-state index < -0.39 is 0 Å². The van der Waals surface area contributed by atoms with Crippen molar-refractivity contribution in [2.24, 2.45) is 10.7 Å². The van der Waals surface area contributed by atoms with Crippen molar-refractivity contribution in [2.75, 3.05) is 19.6 Å². The molecule has 1 aromatic heterocycles. The first-order chi connectivity index (χ1) is 11.6. The first kappa shape index (κ1) is 22.0. The zero-order chi connectivity index (χ0) is 17.4. The number of nitrogens with one attached hydrogen (secondary N) is 2. The lowest BCUT2D eigenvalue weighted by atomic mass is 10.2. The summed E-state index contributed by atoms with van der Waals surface area (Å²) >= 11 is 13.4. The van der Waals surface area contributed by atoms with Crippen molar-refractivity contribution in [2.45, 2.75) is 6.42 Å². The molecule has 0 unspecified atom stereocenters. The lowest BCUT2D eigenvalue weighted by molar-refractivity contribution is 0.0954. The highest BCUT2D eigenvalue weighted by Crippen LogP contribution is 2.22. The largest absolute Gasteiger partial charge is 0.370 e. The van der Waals surface area contributed by atoms with Gasteiger partial charge < -0.3 is 16.4 Å². The number of nitrogens with two attached hydrogens (primary N) is 1. The number of guanidine groups is 1. The van der Waals surface area contributed by atoms with E-state index in [1.54, 1.807) is 23.5 Å². The SMILES string of the molecule is I.NC(=NCCc1cccs1)NCCNC(=O)c1ccc(Cl)c(Cl)c1. The molecule has 2 rings (SSSR count). The third kappa shape index (κ3) is 7.81. The smallest absolute Gasteiger partial charge is 0.251 e. The van der Waals surface area contributed by atoms with E-state index in [2.05, 4.69) is 21.7 Å². The normalized spacial score (nSPS) is 10.9. The van der Waals surface area contributed by atoms with Crippen molar-refractivity contribution < 1.29 is 4.79 Å². The van der Waals surface area contributed by atoms with Gasteiger partial charge in [-0.2, -0.15) is 0 Å². The predicted octanol–water partition coefficient (Wildman–Crippen LogP) is 3.55. The highest BCUT2D eigenvalue weighted by Gasteiger charge is 2.07. The van der Waals surface area contributed by atoms with Crippen molar-refractivity contribution in [3.63, 3.8) is 0 Å². The number of thiophene rings is 1. The molecular formula is C16H19Cl2IN4OS. The topological polar surface area (TPSA) is 79.5 Å². The van der Waals surface area contributed by atoms with E-state index in [4.69, 9.17) is 28.9 Å². The van der Waals surface area contributed by atoms with Crippen LogP contribution in [-0.2, 0) is 6.42 Å². The van der Waals surface area contributed by atoms with E-state index in [0.29, 0.717) is 41.2 Å². The molecule has 4 N–H and O–H groups in total. The maximum Gasteiger partial charge on any atom is 0.251 e. The monoisotopic (exact) mass is 512 g/mol. The standard InChI is InChI=1S/C16H18Cl2N4OS.HI/c17-13-4-3-11(10-14(13)18)15(23)20-7-8-22-16(19)21-6-5-12-2-1-9-24-12;/h1-4,9-10H,5-8H2,(H,20,23)(H3,19,21,22);1H. The van der Waals surface area contributed by atoms with Gasteiger partial charge in [-0.1, -0.05) is 29.3 Å². The Labute approximate surface area is 178 Å². The Bertz CT molecular complexity index is 710. The van der Waals surface area contributed by atoms with Crippen molar-refractivity contribution in [3.05, 3.63) is 56.2 Å².